The lowest BCUT2D eigenvalue weighted by molar-refractivity contribution is 0.291. The van der Waals surface area contributed by atoms with Crippen molar-refractivity contribution in [3.8, 4) is 6.01 Å². The van der Waals surface area contributed by atoms with Crippen molar-refractivity contribution in [1.82, 2.24) is 15.0 Å². The number of ether oxygens (including phenoxy) is 1. The van der Waals surface area contributed by atoms with Crippen LogP contribution < -0.4 is 10.1 Å². The SMILES string of the molecule is CCCOc1nc(Cl)nc(NCc2ccccc2)n1. The number of nitrogens with one attached hydrogen (secondary N) is 1. The summed E-state index contributed by atoms with van der Waals surface area (Å²) in [6.45, 7) is 3.18. The van der Waals surface area contributed by atoms with Gasteiger partial charge in [-0.05, 0) is 23.6 Å². The van der Waals surface area contributed by atoms with Crippen LogP contribution in [0.25, 0.3) is 0 Å². The van der Waals surface area contributed by atoms with Crippen LogP contribution in [0.3, 0.4) is 0 Å². The molecule has 0 aliphatic rings. The van der Waals surface area contributed by atoms with E-state index in [0.29, 0.717) is 19.1 Å². The quantitative estimate of drug-likeness (QED) is 0.880. The Morgan fingerprint density at radius 1 is 1.16 bits per heavy atom. The van der Waals surface area contributed by atoms with Gasteiger partial charge in [-0.25, -0.2) is 0 Å². The smallest absolute Gasteiger partial charge is 0.322 e. The van der Waals surface area contributed by atoms with Crippen LogP contribution in [0.15, 0.2) is 30.3 Å². The average Bonchev–Trinajstić information content (AvgIpc) is 2.43. The van der Waals surface area contributed by atoms with Crippen LogP contribution in [0.2, 0.25) is 5.28 Å². The molecule has 0 aliphatic heterocycles. The molecule has 0 spiro atoms. The van der Waals surface area contributed by atoms with E-state index in [-0.39, 0.29) is 11.3 Å². The summed E-state index contributed by atoms with van der Waals surface area (Å²) in [4.78, 5) is 12.1. The molecule has 2 aromatic rings. The number of benzene rings is 1. The van der Waals surface area contributed by atoms with E-state index in [2.05, 4.69) is 20.3 Å². The van der Waals surface area contributed by atoms with Crippen molar-refractivity contribution in [3.05, 3.63) is 41.2 Å². The Balaban J connectivity index is 2.01. The first-order valence-electron chi connectivity index (χ1n) is 6.10. The molecule has 0 bridgehead atoms. The molecule has 2 rings (SSSR count). The number of hydrogen-bond acceptors (Lipinski definition) is 5. The van der Waals surface area contributed by atoms with Crippen molar-refractivity contribution in [2.45, 2.75) is 19.9 Å². The summed E-state index contributed by atoms with van der Waals surface area (Å²) in [6.07, 6.45) is 0.885. The van der Waals surface area contributed by atoms with Gasteiger partial charge in [0.25, 0.3) is 0 Å². The summed E-state index contributed by atoms with van der Waals surface area (Å²) in [7, 11) is 0. The third-order valence-electron chi connectivity index (χ3n) is 2.32. The molecule has 0 amide bonds. The first kappa shape index (κ1) is 13.5. The first-order valence-corrected chi connectivity index (χ1v) is 6.48. The van der Waals surface area contributed by atoms with E-state index in [1.807, 2.05) is 37.3 Å². The van der Waals surface area contributed by atoms with E-state index in [1.54, 1.807) is 0 Å². The topological polar surface area (TPSA) is 59.9 Å². The Labute approximate surface area is 117 Å². The van der Waals surface area contributed by atoms with Gasteiger partial charge >= 0.3 is 6.01 Å². The minimum absolute atomic E-state index is 0.122. The summed E-state index contributed by atoms with van der Waals surface area (Å²) < 4.78 is 5.34. The fraction of sp³-hybridized carbons (Fsp3) is 0.308. The Bertz CT molecular complexity index is 521. The first-order chi connectivity index (χ1) is 9.28. The molecule has 0 atom stereocenters. The number of anilines is 1. The van der Waals surface area contributed by atoms with Crippen molar-refractivity contribution in [1.29, 1.82) is 0 Å². The van der Waals surface area contributed by atoms with Crippen LogP contribution in [0, 0.1) is 0 Å². The zero-order chi connectivity index (χ0) is 13.5. The predicted molar refractivity (Wildman–Crippen MR) is 74.4 cm³/mol. The van der Waals surface area contributed by atoms with Crippen molar-refractivity contribution in [2.24, 2.45) is 0 Å². The molecule has 100 valence electrons. The Morgan fingerprint density at radius 3 is 2.68 bits per heavy atom. The Hall–Kier alpha value is -1.88. The van der Waals surface area contributed by atoms with Gasteiger partial charge in [-0.2, -0.15) is 15.0 Å². The highest BCUT2D eigenvalue weighted by atomic mass is 35.5. The monoisotopic (exact) mass is 278 g/mol. The fourth-order valence-corrected chi connectivity index (χ4v) is 1.60. The summed E-state index contributed by atoms with van der Waals surface area (Å²) in [5, 5.41) is 3.21. The van der Waals surface area contributed by atoms with Gasteiger partial charge in [0.15, 0.2) is 0 Å². The van der Waals surface area contributed by atoms with Crippen LogP contribution in [-0.4, -0.2) is 21.6 Å². The molecule has 0 unspecified atom stereocenters. The molecule has 5 nitrogen and oxygen atoms in total. The van der Waals surface area contributed by atoms with Crippen molar-refractivity contribution in [3.63, 3.8) is 0 Å². The summed E-state index contributed by atoms with van der Waals surface area (Å²) in [6, 6.07) is 10.2. The highest BCUT2D eigenvalue weighted by Gasteiger charge is 2.05. The predicted octanol–water partition coefficient (Wildman–Crippen LogP) is 2.93. The standard InChI is InChI=1S/C13H15ClN4O/c1-2-8-19-13-17-11(14)16-12(18-13)15-9-10-6-4-3-5-7-10/h3-7H,2,8-9H2,1H3,(H,15,16,17,18). The lowest BCUT2D eigenvalue weighted by Crippen LogP contribution is -2.07. The third kappa shape index (κ3) is 4.37. The van der Waals surface area contributed by atoms with E-state index in [4.69, 9.17) is 16.3 Å². The van der Waals surface area contributed by atoms with Crippen LogP contribution in [0.1, 0.15) is 18.9 Å². The van der Waals surface area contributed by atoms with Gasteiger partial charge in [0.05, 0.1) is 6.61 Å². The summed E-state index contributed by atoms with van der Waals surface area (Å²) in [5.74, 6) is 0.412. The normalized spacial score (nSPS) is 10.2. The molecule has 19 heavy (non-hydrogen) atoms. The Morgan fingerprint density at radius 2 is 1.95 bits per heavy atom. The van der Waals surface area contributed by atoms with E-state index in [1.165, 1.54) is 0 Å². The van der Waals surface area contributed by atoms with E-state index >= 15 is 0 Å². The van der Waals surface area contributed by atoms with Crippen molar-refractivity contribution < 1.29 is 4.74 Å². The largest absolute Gasteiger partial charge is 0.463 e. The molecule has 1 N–H and O–H groups in total. The minimum atomic E-state index is 0.122. The van der Waals surface area contributed by atoms with Gasteiger partial charge in [0, 0.05) is 6.54 Å². The van der Waals surface area contributed by atoms with Crippen molar-refractivity contribution >= 4 is 17.5 Å². The van der Waals surface area contributed by atoms with Crippen LogP contribution in [0.4, 0.5) is 5.95 Å². The number of nitrogens with zero attached hydrogens (tertiary/aromatic N) is 3. The van der Waals surface area contributed by atoms with E-state index < -0.39 is 0 Å². The maximum Gasteiger partial charge on any atom is 0.322 e. The molecular formula is C13H15ClN4O. The van der Waals surface area contributed by atoms with Gasteiger partial charge in [0.1, 0.15) is 0 Å². The fourth-order valence-electron chi connectivity index (χ4n) is 1.45. The molecule has 0 fully saturated rings. The van der Waals surface area contributed by atoms with Crippen LogP contribution in [0.5, 0.6) is 6.01 Å². The lowest BCUT2D eigenvalue weighted by atomic mass is 10.2. The maximum absolute atomic E-state index is 5.83. The zero-order valence-corrected chi connectivity index (χ0v) is 11.4. The van der Waals surface area contributed by atoms with Crippen LogP contribution in [-0.2, 0) is 6.54 Å². The molecule has 6 heteroatoms. The van der Waals surface area contributed by atoms with Gasteiger partial charge in [-0.3, -0.25) is 0 Å². The van der Waals surface area contributed by atoms with Gasteiger partial charge in [-0.1, -0.05) is 37.3 Å². The Kier molecular flexibility index (Phi) is 4.92. The zero-order valence-electron chi connectivity index (χ0n) is 10.6. The molecular weight excluding hydrogens is 264 g/mol. The van der Waals surface area contributed by atoms with E-state index in [0.717, 1.165) is 12.0 Å². The number of aromatic nitrogens is 3. The maximum atomic E-state index is 5.83. The highest BCUT2D eigenvalue weighted by molar-refractivity contribution is 6.28. The second-order valence-corrected chi connectivity index (χ2v) is 4.24. The number of halogens is 1. The molecule has 0 radical (unpaired) electrons. The van der Waals surface area contributed by atoms with Crippen molar-refractivity contribution in [2.75, 3.05) is 11.9 Å². The molecule has 1 aromatic heterocycles. The average molecular weight is 279 g/mol. The minimum Gasteiger partial charge on any atom is -0.463 e. The second-order valence-electron chi connectivity index (χ2n) is 3.90. The summed E-state index contributed by atoms with van der Waals surface area (Å²) in [5.41, 5.74) is 1.13. The summed E-state index contributed by atoms with van der Waals surface area (Å²) >= 11 is 5.83. The molecule has 1 aromatic carbocycles. The van der Waals surface area contributed by atoms with Crippen LogP contribution >= 0.6 is 11.6 Å². The second kappa shape index (κ2) is 6.89. The van der Waals surface area contributed by atoms with E-state index in [9.17, 15) is 0 Å². The van der Waals surface area contributed by atoms with Gasteiger partial charge in [0.2, 0.25) is 11.2 Å². The van der Waals surface area contributed by atoms with Gasteiger partial charge < -0.3 is 10.1 Å². The molecule has 0 saturated heterocycles. The number of hydrogen-bond donors (Lipinski definition) is 1. The lowest BCUT2D eigenvalue weighted by Gasteiger charge is -2.07. The number of rotatable bonds is 6. The third-order valence-corrected chi connectivity index (χ3v) is 2.49. The molecule has 0 saturated carbocycles. The highest BCUT2D eigenvalue weighted by Crippen LogP contribution is 2.12. The van der Waals surface area contributed by atoms with Gasteiger partial charge in [-0.15, -0.1) is 0 Å². The molecule has 0 aliphatic carbocycles. The molecule has 1 heterocycles.